The summed E-state index contributed by atoms with van der Waals surface area (Å²) in [6, 6.07) is 2.11. The molecule has 0 fully saturated rings. The van der Waals surface area contributed by atoms with Crippen LogP contribution in [0, 0.1) is 0 Å². The number of hydrogen-bond acceptors (Lipinski definition) is 2. The number of aryl methyl sites for hydroxylation is 1. The molecule has 0 saturated carbocycles. The smallest absolute Gasteiger partial charge is 0.0594 e. The molecule has 1 nitrogen and oxygen atoms in total. The summed E-state index contributed by atoms with van der Waals surface area (Å²) in [6.45, 7) is 3.69. The van der Waals surface area contributed by atoms with E-state index in [1.807, 2.05) is 13.8 Å². The molecule has 0 spiro atoms. The van der Waals surface area contributed by atoms with Crippen molar-refractivity contribution >= 4 is 11.3 Å². The van der Waals surface area contributed by atoms with Crippen molar-refractivity contribution < 1.29 is 5.11 Å². The van der Waals surface area contributed by atoms with Gasteiger partial charge in [0.05, 0.1) is 5.60 Å². The quantitative estimate of drug-likeness (QED) is 0.738. The van der Waals surface area contributed by atoms with Crippen LogP contribution in [0.5, 0.6) is 0 Å². The number of hydrogen-bond donors (Lipinski definition) is 1. The Morgan fingerprint density at radius 3 is 2.73 bits per heavy atom. The SMILES string of the molecule is CC(C)(O)CCc1ccsc1. The Labute approximate surface area is 71.7 Å². The number of thiophene rings is 1. The molecule has 0 aliphatic rings. The molecule has 1 aromatic heterocycles. The Kier molecular flexibility index (Phi) is 2.68. The highest BCUT2D eigenvalue weighted by atomic mass is 32.1. The summed E-state index contributed by atoms with van der Waals surface area (Å²) in [5.74, 6) is 0. The average molecular weight is 170 g/mol. The van der Waals surface area contributed by atoms with Crippen molar-refractivity contribution in [2.24, 2.45) is 0 Å². The van der Waals surface area contributed by atoms with Crippen molar-refractivity contribution in [3.8, 4) is 0 Å². The first-order chi connectivity index (χ1) is 5.08. The summed E-state index contributed by atoms with van der Waals surface area (Å²) in [5.41, 5.74) is 0.805. The zero-order valence-electron chi connectivity index (χ0n) is 7.00. The minimum Gasteiger partial charge on any atom is -0.390 e. The Hall–Kier alpha value is -0.340. The third kappa shape index (κ3) is 3.54. The molecule has 1 heterocycles. The van der Waals surface area contributed by atoms with E-state index in [4.69, 9.17) is 0 Å². The van der Waals surface area contributed by atoms with Gasteiger partial charge in [0.15, 0.2) is 0 Å². The summed E-state index contributed by atoms with van der Waals surface area (Å²) in [6.07, 6.45) is 1.82. The van der Waals surface area contributed by atoms with E-state index in [-0.39, 0.29) is 0 Å². The van der Waals surface area contributed by atoms with Crippen molar-refractivity contribution in [3.63, 3.8) is 0 Å². The molecular weight excluding hydrogens is 156 g/mol. The lowest BCUT2D eigenvalue weighted by Gasteiger charge is -2.15. The van der Waals surface area contributed by atoms with Crippen molar-refractivity contribution in [1.29, 1.82) is 0 Å². The van der Waals surface area contributed by atoms with Gasteiger partial charge in [-0.2, -0.15) is 11.3 Å². The van der Waals surface area contributed by atoms with Gasteiger partial charge in [0, 0.05) is 0 Å². The Morgan fingerprint density at radius 1 is 1.55 bits per heavy atom. The first kappa shape index (κ1) is 8.75. The molecule has 62 valence electrons. The first-order valence-corrected chi connectivity index (χ1v) is 4.76. The second-order valence-corrected chi connectivity index (χ2v) is 4.22. The van der Waals surface area contributed by atoms with E-state index in [1.54, 1.807) is 11.3 Å². The van der Waals surface area contributed by atoms with Gasteiger partial charge in [-0.1, -0.05) is 0 Å². The summed E-state index contributed by atoms with van der Waals surface area (Å²) >= 11 is 1.71. The third-order valence-electron chi connectivity index (χ3n) is 1.61. The normalized spacial score (nSPS) is 11.9. The van der Waals surface area contributed by atoms with Crippen LogP contribution in [0.2, 0.25) is 0 Å². The van der Waals surface area contributed by atoms with Crippen LogP contribution in [0.15, 0.2) is 16.8 Å². The lowest BCUT2D eigenvalue weighted by Crippen LogP contribution is -2.18. The molecular formula is C9H14OS. The van der Waals surface area contributed by atoms with E-state index in [1.165, 1.54) is 5.56 Å². The maximum Gasteiger partial charge on any atom is 0.0594 e. The van der Waals surface area contributed by atoms with E-state index in [9.17, 15) is 5.11 Å². The fourth-order valence-corrected chi connectivity index (χ4v) is 1.59. The van der Waals surface area contributed by atoms with Gasteiger partial charge in [-0.05, 0) is 49.1 Å². The van der Waals surface area contributed by atoms with Gasteiger partial charge in [0.1, 0.15) is 0 Å². The van der Waals surface area contributed by atoms with Crippen molar-refractivity contribution in [3.05, 3.63) is 22.4 Å². The minimum atomic E-state index is -0.526. The number of aliphatic hydroxyl groups is 1. The van der Waals surface area contributed by atoms with Gasteiger partial charge < -0.3 is 5.11 Å². The monoisotopic (exact) mass is 170 g/mol. The maximum atomic E-state index is 9.42. The van der Waals surface area contributed by atoms with Crippen molar-refractivity contribution in [2.75, 3.05) is 0 Å². The van der Waals surface area contributed by atoms with Crippen LogP contribution < -0.4 is 0 Å². The zero-order chi connectivity index (χ0) is 8.32. The molecule has 0 aliphatic carbocycles. The second kappa shape index (κ2) is 3.37. The van der Waals surface area contributed by atoms with Crippen LogP contribution in [0.4, 0.5) is 0 Å². The molecule has 1 N–H and O–H groups in total. The molecule has 0 aromatic carbocycles. The van der Waals surface area contributed by atoms with E-state index >= 15 is 0 Å². The van der Waals surface area contributed by atoms with Gasteiger partial charge in [0.2, 0.25) is 0 Å². The molecule has 0 unspecified atom stereocenters. The van der Waals surface area contributed by atoms with Gasteiger partial charge in [0.25, 0.3) is 0 Å². The summed E-state index contributed by atoms with van der Waals surface area (Å²) in [4.78, 5) is 0. The molecule has 0 bridgehead atoms. The van der Waals surface area contributed by atoms with Gasteiger partial charge in [-0.15, -0.1) is 0 Å². The van der Waals surface area contributed by atoms with Crippen LogP contribution in [0.1, 0.15) is 25.8 Å². The number of rotatable bonds is 3. The topological polar surface area (TPSA) is 20.2 Å². The Morgan fingerprint density at radius 2 is 2.27 bits per heavy atom. The van der Waals surface area contributed by atoms with Crippen LogP contribution in [-0.2, 0) is 6.42 Å². The molecule has 0 aliphatic heterocycles. The summed E-state index contributed by atoms with van der Waals surface area (Å²) in [7, 11) is 0. The molecule has 2 heteroatoms. The van der Waals surface area contributed by atoms with Crippen LogP contribution in [-0.4, -0.2) is 10.7 Å². The fourth-order valence-electron chi connectivity index (χ4n) is 0.885. The first-order valence-electron chi connectivity index (χ1n) is 3.81. The lowest BCUT2D eigenvalue weighted by atomic mass is 10.0. The lowest BCUT2D eigenvalue weighted by molar-refractivity contribution is 0.0714. The fraction of sp³-hybridized carbons (Fsp3) is 0.556. The molecule has 1 rings (SSSR count). The molecule has 1 aromatic rings. The highest BCUT2D eigenvalue weighted by Crippen LogP contribution is 2.14. The predicted molar refractivity (Wildman–Crippen MR) is 48.9 cm³/mol. The largest absolute Gasteiger partial charge is 0.390 e. The standard InChI is InChI=1S/C9H14OS/c1-9(2,10)5-3-8-4-6-11-7-8/h4,6-7,10H,3,5H2,1-2H3. The van der Waals surface area contributed by atoms with Gasteiger partial charge >= 0.3 is 0 Å². The maximum absolute atomic E-state index is 9.42. The minimum absolute atomic E-state index is 0.526. The van der Waals surface area contributed by atoms with Crippen LogP contribution in [0.25, 0.3) is 0 Å². The Bertz CT molecular complexity index is 196. The third-order valence-corrected chi connectivity index (χ3v) is 2.34. The molecule has 11 heavy (non-hydrogen) atoms. The molecule has 0 atom stereocenters. The van der Waals surface area contributed by atoms with Crippen LogP contribution in [0.3, 0.4) is 0 Å². The van der Waals surface area contributed by atoms with Crippen LogP contribution >= 0.6 is 11.3 Å². The van der Waals surface area contributed by atoms with E-state index in [2.05, 4.69) is 16.8 Å². The highest BCUT2D eigenvalue weighted by Gasteiger charge is 2.11. The predicted octanol–water partition coefficient (Wildman–Crippen LogP) is 2.45. The second-order valence-electron chi connectivity index (χ2n) is 3.44. The summed E-state index contributed by atoms with van der Waals surface area (Å²) < 4.78 is 0. The van der Waals surface area contributed by atoms with E-state index in [0.29, 0.717) is 0 Å². The van der Waals surface area contributed by atoms with Gasteiger partial charge in [-0.25, -0.2) is 0 Å². The van der Waals surface area contributed by atoms with E-state index in [0.717, 1.165) is 12.8 Å². The van der Waals surface area contributed by atoms with Crippen molar-refractivity contribution in [2.45, 2.75) is 32.3 Å². The van der Waals surface area contributed by atoms with Gasteiger partial charge in [-0.3, -0.25) is 0 Å². The van der Waals surface area contributed by atoms with Crippen molar-refractivity contribution in [1.82, 2.24) is 0 Å². The average Bonchev–Trinajstić information content (AvgIpc) is 2.32. The molecule has 0 saturated heterocycles. The molecule has 0 radical (unpaired) electrons. The summed E-state index contributed by atoms with van der Waals surface area (Å²) in [5, 5.41) is 13.6. The zero-order valence-corrected chi connectivity index (χ0v) is 7.82. The van der Waals surface area contributed by atoms with E-state index < -0.39 is 5.60 Å². The molecule has 0 amide bonds. The highest BCUT2D eigenvalue weighted by molar-refractivity contribution is 7.07. The Balaban J connectivity index is 2.35.